The van der Waals surface area contributed by atoms with Gasteiger partial charge in [-0.05, 0) is 77.9 Å². The molecule has 5 heteroatoms. The van der Waals surface area contributed by atoms with E-state index in [1.165, 1.54) is 75.1 Å². The standard InChI is InChI=1S/C44H24N4S/c1-2-10-27(11-3-1)47-35-16-8-4-12-28(35)30-22-25(18-20-36(30)47)26-19-21-37-31(23-26)41-40-29-13-5-9-17-38(29)49-39(40)24-32-42-44(48(37)43(32)41)46-34-15-7-6-14-33(34)45-42/h1-24H. The lowest BCUT2D eigenvalue weighted by Crippen LogP contribution is -1.92. The third-order valence-electron chi connectivity index (χ3n) is 10.4. The van der Waals surface area contributed by atoms with E-state index in [4.69, 9.17) is 9.97 Å². The molecule has 0 bridgehead atoms. The van der Waals surface area contributed by atoms with E-state index < -0.39 is 0 Å². The van der Waals surface area contributed by atoms with Gasteiger partial charge in [-0.3, -0.25) is 4.40 Å². The minimum atomic E-state index is 0.913. The third-order valence-corrected chi connectivity index (χ3v) is 11.5. The van der Waals surface area contributed by atoms with Gasteiger partial charge in [0.25, 0.3) is 0 Å². The lowest BCUT2D eigenvalue weighted by atomic mass is 9.98. The van der Waals surface area contributed by atoms with Gasteiger partial charge in [0.05, 0.1) is 33.1 Å². The number of hydrogen-bond acceptors (Lipinski definition) is 3. The fraction of sp³-hybridized carbons (Fsp3) is 0. The van der Waals surface area contributed by atoms with Crippen molar-refractivity contribution in [1.82, 2.24) is 18.9 Å². The molecule has 0 atom stereocenters. The largest absolute Gasteiger partial charge is 0.309 e. The Hall–Kier alpha value is -6.30. The summed E-state index contributed by atoms with van der Waals surface area (Å²) in [6.07, 6.45) is 0. The molecule has 226 valence electrons. The first-order valence-corrected chi connectivity index (χ1v) is 17.4. The van der Waals surface area contributed by atoms with Gasteiger partial charge >= 0.3 is 0 Å². The normalized spacial score (nSPS) is 12.5. The summed E-state index contributed by atoms with van der Waals surface area (Å²) in [6.45, 7) is 0. The average molecular weight is 641 g/mol. The molecule has 0 saturated heterocycles. The molecular weight excluding hydrogens is 617 g/mol. The number of nitrogens with zero attached hydrogens (tertiary/aromatic N) is 4. The molecule has 12 rings (SSSR count). The second-order valence-corrected chi connectivity index (χ2v) is 14.1. The van der Waals surface area contributed by atoms with Gasteiger partial charge in [0.15, 0.2) is 5.65 Å². The van der Waals surface area contributed by atoms with Crippen molar-refractivity contribution in [3.05, 3.63) is 146 Å². The van der Waals surface area contributed by atoms with Crippen molar-refractivity contribution in [1.29, 1.82) is 0 Å². The molecule has 0 spiro atoms. The monoisotopic (exact) mass is 640 g/mol. The van der Waals surface area contributed by atoms with Crippen LogP contribution < -0.4 is 0 Å². The molecule has 5 heterocycles. The molecule has 0 unspecified atom stereocenters. The van der Waals surface area contributed by atoms with Gasteiger partial charge in [-0.15, -0.1) is 11.3 Å². The van der Waals surface area contributed by atoms with Crippen molar-refractivity contribution in [2.24, 2.45) is 0 Å². The number of hydrogen-bond donors (Lipinski definition) is 0. The average Bonchev–Trinajstić information content (AvgIpc) is 3.88. The summed E-state index contributed by atoms with van der Waals surface area (Å²) in [4.78, 5) is 10.4. The van der Waals surface area contributed by atoms with Crippen LogP contribution >= 0.6 is 11.3 Å². The maximum Gasteiger partial charge on any atom is 0.165 e. The van der Waals surface area contributed by atoms with Crippen LogP contribution in [0, 0.1) is 0 Å². The van der Waals surface area contributed by atoms with Gasteiger partial charge in [0.2, 0.25) is 0 Å². The molecule has 5 aromatic heterocycles. The van der Waals surface area contributed by atoms with Crippen LogP contribution in [0.15, 0.2) is 146 Å². The Labute approximate surface area is 283 Å². The number of rotatable bonds is 2. The fourth-order valence-corrected chi connectivity index (χ4v) is 9.49. The third kappa shape index (κ3) is 3.32. The Morgan fingerprint density at radius 1 is 0.449 bits per heavy atom. The first kappa shape index (κ1) is 25.7. The molecule has 0 aliphatic carbocycles. The predicted molar refractivity (Wildman–Crippen MR) is 207 cm³/mol. The number of para-hydroxylation sites is 4. The first-order valence-electron chi connectivity index (χ1n) is 16.6. The molecule has 12 aromatic rings. The Morgan fingerprint density at radius 3 is 1.98 bits per heavy atom. The molecular formula is C44H24N4S. The van der Waals surface area contributed by atoms with Crippen molar-refractivity contribution in [3.8, 4) is 16.8 Å². The summed E-state index contributed by atoms with van der Waals surface area (Å²) in [5.74, 6) is 0. The predicted octanol–water partition coefficient (Wildman–Crippen LogP) is 11.9. The Bertz CT molecular complexity index is 3330. The van der Waals surface area contributed by atoms with Gasteiger partial charge in [-0.25, -0.2) is 9.97 Å². The molecule has 0 fully saturated rings. The highest BCUT2D eigenvalue weighted by Gasteiger charge is 2.24. The summed E-state index contributed by atoms with van der Waals surface area (Å²) < 4.78 is 7.32. The van der Waals surface area contributed by atoms with Gasteiger partial charge in [0.1, 0.15) is 5.52 Å². The maximum absolute atomic E-state index is 5.23. The van der Waals surface area contributed by atoms with Crippen LogP contribution in [0.2, 0.25) is 0 Å². The second-order valence-electron chi connectivity index (χ2n) is 13.0. The van der Waals surface area contributed by atoms with Crippen LogP contribution in [0.4, 0.5) is 0 Å². The Balaban J connectivity index is 1.19. The summed E-state index contributed by atoms with van der Waals surface area (Å²) >= 11 is 1.86. The van der Waals surface area contributed by atoms with E-state index in [0.717, 1.165) is 33.1 Å². The highest BCUT2D eigenvalue weighted by molar-refractivity contribution is 7.26. The van der Waals surface area contributed by atoms with E-state index in [1.54, 1.807) is 0 Å². The smallest absolute Gasteiger partial charge is 0.165 e. The number of fused-ring (bicyclic) bond motifs is 14. The minimum Gasteiger partial charge on any atom is -0.309 e. The second kappa shape index (κ2) is 9.19. The summed E-state index contributed by atoms with van der Waals surface area (Å²) in [7, 11) is 0. The van der Waals surface area contributed by atoms with Crippen molar-refractivity contribution in [2.75, 3.05) is 0 Å². The zero-order valence-electron chi connectivity index (χ0n) is 26.1. The lowest BCUT2D eigenvalue weighted by molar-refractivity contribution is 1.18. The van der Waals surface area contributed by atoms with Crippen LogP contribution in [0.3, 0.4) is 0 Å². The van der Waals surface area contributed by atoms with Crippen LogP contribution in [0.1, 0.15) is 0 Å². The van der Waals surface area contributed by atoms with Crippen molar-refractivity contribution in [3.63, 3.8) is 0 Å². The molecule has 0 N–H and O–H groups in total. The zero-order valence-corrected chi connectivity index (χ0v) is 26.9. The van der Waals surface area contributed by atoms with Crippen LogP contribution in [-0.2, 0) is 0 Å². The van der Waals surface area contributed by atoms with E-state index in [1.807, 2.05) is 23.5 Å². The zero-order chi connectivity index (χ0) is 31.8. The van der Waals surface area contributed by atoms with Crippen molar-refractivity contribution >= 4 is 103 Å². The highest BCUT2D eigenvalue weighted by atomic mass is 32.1. The Morgan fingerprint density at radius 2 is 1.12 bits per heavy atom. The molecule has 49 heavy (non-hydrogen) atoms. The van der Waals surface area contributed by atoms with E-state index in [2.05, 4.69) is 142 Å². The Kier molecular flexibility index (Phi) is 4.83. The summed E-state index contributed by atoms with van der Waals surface area (Å²) in [6, 6.07) is 52.6. The number of thiophene rings is 1. The van der Waals surface area contributed by atoms with Gasteiger partial charge in [0, 0.05) is 52.8 Å². The molecule has 0 aliphatic rings. The van der Waals surface area contributed by atoms with E-state index in [0.29, 0.717) is 0 Å². The number of benzene rings is 7. The van der Waals surface area contributed by atoms with E-state index >= 15 is 0 Å². The molecule has 0 aliphatic heterocycles. The first-order chi connectivity index (χ1) is 24.3. The van der Waals surface area contributed by atoms with Gasteiger partial charge in [-0.1, -0.05) is 78.9 Å². The van der Waals surface area contributed by atoms with Crippen molar-refractivity contribution < 1.29 is 0 Å². The van der Waals surface area contributed by atoms with Crippen LogP contribution in [0.25, 0.3) is 108 Å². The van der Waals surface area contributed by atoms with Gasteiger partial charge in [-0.2, -0.15) is 0 Å². The lowest BCUT2D eigenvalue weighted by Gasteiger charge is -2.08. The van der Waals surface area contributed by atoms with Crippen LogP contribution in [0.5, 0.6) is 0 Å². The highest BCUT2D eigenvalue weighted by Crippen LogP contribution is 2.48. The SMILES string of the molecule is c1ccc(-n2c3ccccc3c3cc(-c4ccc5c(c4)c4c6c(cc7c8nc9ccccc9nc8n5c74)sc4ccccc46)ccc32)cc1. The van der Waals surface area contributed by atoms with E-state index in [-0.39, 0.29) is 0 Å². The molecule has 7 aromatic carbocycles. The summed E-state index contributed by atoms with van der Waals surface area (Å²) in [5.41, 5.74) is 12.1. The minimum absolute atomic E-state index is 0.913. The van der Waals surface area contributed by atoms with E-state index in [9.17, 15) is 0 Å². The quantitative estimate of drug-likeness (QED) is 0.188. The molecule has 4 nitrogen and oxygen atoms in total. The number of aromatic nitrogens is 4. The maximum atomic E-state index is 5.23. The fourth-order valence-electron chi connectivity index (χ4n) is 8.34. The molecule has 0 amide bonds. The van der Waals surface area contributed by atoms with Gasteiger partial charge < -0.3 is 4.57 Å². The van der Waals surface area contributed by atoms with Crippen LogP contribution in [-0.4, -0.2) is 18.9 Å². The van der Waals surface area contributed by atoms with Crippen molar-refractivity contribution in [2.45, 2.75) is 0 Å². The summed E-state index contributed by atoms with van der Waals surface area (Å²) in [5, 5.41) is 8.83. The topological polar surface area (TPSA) is 35.1 Å². The molecule has 0 radical (unpaired) electrons. The molecule has 0 saturated carbocycles.